The molecule has 0 saturated heterocycles. The first-order valence-electron chi connectivity index (χ1n) is 6.25. The number of hydrogen-bond donors (Lipinski definition) is 2. The lowest BCUT2D eigenvalue weighted by molar-refractivity contribution is 0.0898. The fourth-order valence-corrected chi connectivity index (χ4v) is 2.45. The molecule has 0 aliphatic heterocycles. The van der Waals surface area contributed by atoms with Crippen LogP contribution >= 0.6 is 15.9 Å². The van der Waals surface area contributed by atoms with E-state index in [0.29, 0.717) is 18.0 Å². The molecule has 1 unspecified atom stereocenters. The van der Waals surface area contributed by atoms with Gasteiger partial charge in [0.2, 0.25) is 0 Å². The Morgan fingerprint density at radius 2 is 2.16 bits per heavy atom. The van der Waals surface area contributed by atoms with Crippen molar-refractivity contribution in [3.8, 4) is 0 Å². The maximum absolute atomic E-state index is 13.1. The van der Waals surface area contributed by atoms with Crippen LogP contribution in [0.15, 0.2) is 22.7 Å². The Kier molecular flexibility index (Phi) is 5.50. The summed E-state index contributed by atoms with van der Waals surface area (Å²) in [5.41, 5.74) is 5.71. The van der Waals surface area contributed by atoms with Crippen molar-refractivity contribution < 1.29 is 9.18 Å². The summed E-state index contributed by atoms with van der Waals surface area (Å²) < 4.78 is 13.4. The van der Waals surface area contributed by atoms with E-state index in [9.17, 15) is 9.18 Å². The zero-order valence-corrected chi connectivity index (χ0v) is 13.1. The zero-order chi connectivity index (χ0) is 14.6. The molecule has 1 amide bonds. The quantitative estimate of drug-likeness (QED) is 0.871. The highest BCUT2D eigenvalue weighted by molar-refractivity contribution is 9.10. The van der Waals surface area contributed by atoms with Crippen molar-refractivity contribution >= 4 is 21.8 Å². The standard InChI is InChI=1S/C14H20BrFN2O/c1-9(2)7-14(3,8-17)18-13(19)10-4-5-12(16)11(15)6-10/h4-6,9H,7-8,17H2,1-3H3,(H,18,19). The number of hydrogen-bond acceptors (Lipinski definition) is 2. The number of carbonyl (C=O) groups excluding carboxylic acids is 1. The summed E-state index contributed by atoms with van der Waals surface area (Å²) in [6.45, 7) is 6.44. The van der Waals surface area contributed by atoms with E-state index in [-0.39, 0.29) is 16.2 Å². The van der Waals surface area contributed by atoms with Crippen LogP contribution in [0.4, 0.5) is 4.39 Å². The molecule has 1 aromatic rings. The molecule has 3 nitrogen and oxygen atoms in total. The lowest BCUT2D eigenvalue weighted by Crippen LogP contribution is -2.52. The van der Waals surface area contributed by atoms with Crippen molar-refractivity contribution in [2.75, 3.05) is 6.54 Å². The summed E-state index contributed by atoms with van der Waals surface area (Å²) in [5, 5.41) is 2.93. The van der Waals surface area contributed by atoms with Crippen LogP contribution in [0.25, 0.3) is 0 Å². The first-order chi connectivity index (χ1) is 8.77. The van der Waals surface area contributed by atoms with Crippen molar-refractivity contribution in [3.05, 3.63) is 34.1 Å². The van der Waals surface area contributed by atoms with Crippen LogP contribution in [0.1, 0.15) is 37.6 Å². The second-order valence-corrected chi connectivity index (χ2v) is 6.30. The minimum Gasteiger partial charge on any atom is -0.346 e. The monoisotopic (exact) mass is 330 g/mol. The van der Waals surface area contributed by atoms with Crippen LogP contribution < -0.4 is 11.1 Å². The number of nitrogens with two attached hydrogens (primary N) is 1. The van der Waals surface area contributed by atoms with E-state index in [1.165, 1.54) is 18.2 Å². The van der Waals surface area contributed by atoms with Crippen LogP contribution in [-0.2, 0) is 0 Å². The molecule has 0 radical (unpaired) electrons. The minimum atomic E-state index is -0.452. The molecule has 1 aromatic carbocycles. The van der Waals surface area contributed by atoms with Gasteiger partial charge in [0.1, 0.15) is 5.82 Å². The van der Waals surface area contributed by atoms with Gasteiger partial charge in [0, 0.05) is 17.6 Å². The molecule has 0 fully saturated rings. The first-order valence-corrected chi connectivity index (χ1v) is 7.04. The Morgan fingerprint density at radius 3 is 2.63 bits per heavy atom. The van der Waals surface area contributed by atoms with Crippen molar-refractivity contribution in [3.63, 3.8) is 0 Å². The molecule has 0 bridgehead atoms. The second kappa shape index (κ2) is 6.48. The van der Waals surface area contributed by atoms with Gasteiger partial charge in [0.05, 0.1) is 4.47 Å². The van der Waals surface area contributed by atoms with Crippen molar-refractivity contribution in [2.24, 2.45) is 11.7 Å². The van der Waals surface area contributed by atoms with E-state index in [4.69, 9.17) is 5.73 Å². The summed E-state index contributed by atoms with van der Waals surface area (Å²) in [6, 6.07) is 4.19. The van der Waals surface area contributed by atoms with E-state index in [1.807, 2.05) is 6.92 Å². The number of halogens is 2. The van der Waals surface area contributed by atoms with E-state index in [0.717, 1.165) is 6.42 Å². The third-order valence-electron chi connectivity index (χ3n) is 2.91. The van der Waals surface area contributed by atoms with Gasteiger partial charge < -0.3 is 11.1 Å². The summed E-state index contributed by atoms with van der Waals surface area (Å²) in [6.07, 6.45) is 0.789. The Bertz CT molecular complexity index is 465. The normalized spacial score (nSPS) is 14.3. The van der Waals surface area contributed by atoms with Gasteiger partial charge in [-0.3, -0.25) is 4.79 Å². The molecule has 0 saturated carbocycles. The summed E-state index contributed by atoms with van der Waals surface area (Å²) in [4.78, 5) is 12.2. The Morgan fingerprint density at radius 1 is 1.53 bits per heavy atom. The molecule has 19 heavy (non-hydrogen) atoms. The van der Waals surface area contributed by atoms with Gasteiger partial charge in [-0.25, -0.2) is 4.39 Å². The van der Waals surface area contributed by atoms with Crippen LogP contribution in [0.5, 0.6) is 0 Å². The number of benzene rings is 1. The molecule has 5 heteroatoms. The van der Waals surface area contributed by atoms with Crippen molar-refractivity contribution in [2.45, 2.75) is 32.7 Å². The maximum Gasteiger partial charge on any atom is 0.251 e. The molecule has 0 heterocycles. The molecule has 106 valence electrons. The van der Waals surface area contributed by atoms with Gasteiger partial charge in [0.15, 0.2) is 0 Å². The predicted octanol–water partition coefficient (Wildman–Crippen LogP) is 3.08. The fraction of sp³-hybridized carbons (Fsp3) is 0.500. The van der Waals surface area contributed by atoms with E-state index in [2.05, 4.69) is 35.1 Å². The number of amides is 1. The van der Waals surface area contributed by atoms with Crippen molar-refractivity contribution in [1.82, 2.24) is 5.32 Å². The maximum atomic E-state index is 13.1. The average Bonchev–Trinajstić information content (AvgIpc) is 2.31. The smallest absolute Gasteiger partial charge is 0.251 e. The third kappa shape index (κ3) is 4.58. The lowest BCUT2D eigenvalue weighted by atomic mass is 9.90. The lowest BCUT2D eigenvalue weighted by Gasteiger charge is -2.31. The summed E-state index contributed by atoms with van der Waals surface area (Å²) in [7, 11) is 0. The molecular formula is C14H20BrFN2O. The average molecular weight is 331 g/mol. The molecule has 0 aromatic heterocycles. The zero-order valence-electron chi connectivity index (χ0n) is 11.5. The Balaban J connectivity index is 2.85. The Hall–Kier alpha value is -0.940. The van der Waals surface area contributed by atoms with E-state index in [1.54, 1.807) is 0 Å². The Labute approximate surface area is 121 Å². The van der Waals surface area contributed by atoms with E-state index < -0.39 is 5.54 Å². The van der Waals surface area contributed by atoms with Crippen LogP contribution in [0.2, 0.25) is 0 Å². The fourth-order valence-electron chi connectivity index (χ4n) is 2.07. The van der Waals surface area contributed by atoms with Crippen LogP contribution in [-0.4, -0.2) is 18.0 Å². The topological polar surface area (TPSA) is 55.1 Å². The number of nitrogens with one attached hydrogen (secondary N) is 1. The summed E-state index contributed by atoms with van der Waals surface area (Å²) in [5.74, 6) is -0.205. The minimum absolute atomic E-state index is 0.241. The largest absolute Gasteiger partial charge is 0.346 e. The SMILES string of the molecule is CC(C)CC(C)(CN)NC(=O)c1ccc(F)c(Br)c1. The molecule has 1 rings (SSSR count). The van der Waals surface area contributed by atoms with Crippen molar-refractivity contribution in [1.29, 1.82) is 0 Å². The third-order valence-corrected chi connectivity index (χ3v) is 3.51. The molecule has 0 aliphatic carbocycles. The number of rotatable bonds is 5. The first kappa shape index (κ1) is 16.1. The highest BCUT2D eigenvalue weighted by Gasteiger charge is 2.26. The molecule has 0 aliphatic rings. The molecule has 3 N–H and O–H groups in total. The molecule has 1 atom stereocenters. The highest BCUT2D eigenvalue weighted by atomic mass is 79.9. The van der Waals surface area contributed by atoms with Crippen LogP contribution in [0.3, 0.4) is 0 Å². The van der Waals surface area contributed by atoms with Crippen LogP contribution in [0, 0.1) is 11.7 Å². The predicted molar refractivity (Wildman–Crippen MR) is 78.5 cm³/mol. The van der Waals surface area contributed by atoms with Gasteiger partial charge in [-0.2, -0.15) is 0 Å². The molecule has 0 spiro atoms. The van der Waals surface area contributed by atoms with Gasteiger partial charge in [0.25, 0.3) is 5.91 Å². The van der Waals surface area contributed by atoms with Gasteiger partial charge in [-0.15, -0.1) is 0 Å². The van der Waals surface area contributed by atoms with Gasteiger partial charge in [-0.05, 0) is 53.4 Å². The summed E-state index contributed by atoms with van der Waals surface area (Å²) >= 11 is 3.07. The number of carbonyl (C=O) groups is 1. The second-order valence-electron chi connectivity index (χ2n) is 5.45. The van der Waals surface area contributed by atoms with Gasteiger partial charge in [-0.1, -0.05) is 13.8 Å². The van der Waals surface area contributed by atoms with Gasteiger partial charge >= 0.3 is 0 Å². The highest BCUT2D eigenvalue weighted by Crippen LogP contribution is 2.19. The van der Waals surface area contributed by atoms with E-state index >= 15 is 0 Å². The molecular weight excluding hydrogens is 311 g/mol.